The molecule has 3 saturated heterocycles. The van der Waals surface area contributed by atoms with Gasteiger partial charge in [0.15, 0.2) is 0 Å². The van der Waals surface area contributed by atoms with Crippen LogP contribution in [0.5, 0.6) is 0 Å². The molecule has 200 valence electrons. The summed E-state index contributed by atoms with van der Waals surface area (Å²) in [6, 6.07) is 21.5. The van der Waals surface area contributed by atoms with Crippen molar-refractivity contribution in [3.63, 3.8) is 0 Å². The molecule has 3 aliphatic rings. The largest absolute Gasteiger partial charge is 0.494 e. The molecule has 0 saturated carbocycles. The van der Waals surface area contributed by atoms with E-state index in [0.29, 0.717) is 0 Å². The average Bonchev–Trinajstić information content (AvgIpc) is 3.16. The Morgan fingerprint density at radius 2 is 1.08 bits per heavy atom. The normalized spacial score (nSPS) is 21.3. The van der Waals surface area contributed by atoms with Gasteiger partial charge >= 0.3 is 7.12 Å². The summed E-state index contributed by atoms with van der Waals surface area (Å²) in [5, 5.41) is 17.8. The van der Waals surface area contributed by atoms with Crippen molar-refractivity contribution in [3.05, 3.63) is 53.0 Å². The molecule has 0 radical (unpaired) electrons. The molecule has 8 heteroatoms. The Labute approximate surface area is 236 Å². The van der Waals surface area contributed by atoms with E-state index >= 15 is 0 Å². The van der Waals surface area contributed by atoms with Gasteiger partial charge in [0, 0.05) is 53.9 Å². The maximum atomic E-state index is 8.99. The summed E-state index contributed by atoms with van der Waals surface area (Å²) in [4.78, 5) is 4.70. The summed E-state index contributed by atoms with van der Waals surface area (Å²) >= 11 is 3.43. The molecule has 0 amide bonds. The Kier molecular flexibility index (Phi) is 9.09. The SMILES string of the molecule is CC1(C)OB(c2ccc(N3CCC(C#N)CC3)cc2)OC1(C)C.N#CC1CCN(c2ccc(Br)cc2)CC1. The molecule has 2 aromatic carbocycles. The number of rotatable bonds is 3. The Morgan fingerprint density at radius 1 is 0.711 bits per heavy atom. The molecule has 0 atom stereocenters. The van der Waals surface area contributed by atoms with Crippen molar-refractivity contribution in [2.75, 3.05) is 36.0 Å². The summed E-state index contributed by atoms with van der Waals surface area (Å²) in [5.74, 6) is 0.479. The van der Waals surface area contributed by atoms with Gasteiger partial charge < -0.3 is 19.1 Å². The molecule has 3 aliphatic heterocycles. The van der Waals surface area contributed by atoms with Gasteiger partial charge in [-0.2, -0.15) is 10.5 Å². The summed E-state index contributed by atoms with van der Waals surface area (Å²) < 4.78 is 13.3. The van der Waals surface area contributed by atoms with E-state index in [1.165, 1.54) is 11.4 Å². The van der Waals surface area contributed by atoms with Crippen molar-refractivity contribution < 1.29 is 9.31 Å². The Bertz CT molecular complexity index is 1120. The smallest absolute Gasteiger partial charge is 0.399 e. The first-order chi connectivity index (χ1) is 18.1. The molecule has 3 heterocycles. The number of benzene rings is 2. The minimum atomic E-state index is -0.310. The van der Waals surface area contributed by atoms with Gasteiger partial charge in [0.05, 0.1) is 23.3 Å². The lowest BCUT2D eigenvalue weighted by Gasteiger charge is -2.32. The van der Waals surface area contributed by atoms with Gasteiger partial charge in [-0.3, -0.25) is 0 Å². The lowest BCUT2D eigenvalue weighted by molar-refractivity contribution is 0.00578. The molecule has 5 rings (SSSR count). The molecule has 3 fully saturated rings. The summed E-state index contributed by atoms with van der Waals surface area (Å²) in [6.45, 7) is 12.2. The third kappa shape index (κ3) is 6.73. The first-order valence-corrected chi connectivity index (χ1v) is 14.4. The number of piperidine rings is 2. The molecule has 2 aromatic rings. The van der Waals surface area contributed by atoms with Crippen molar-refractivity contribution in [2.24, 2.45) is 11.8 Å². The molecule has 0 N–H and O–H groups in total. The standard InChI is InChI=1S/C18H25BN2O2.C12H13BrN2/c1-17(2)18(3,4)23-19(22-17)15-5-7-16(8-6-15)21-11-9-14(13-20)10-12-21;13-11-1-3-12(4-2-11)15-7-5-10(9-14)6-8-15/h5-8,14H,9-12H2,1-4H3;1-4,10H,5-8H2. The monoisotopic (exact) mass is 576 g/mol. The summed E-state index contributed by atoms with van der Waals surface area (Å²) in [7, 11) is -0.307. The zero-order chi connectivity index (χ0) is 27.3. The fourth-order valence-electron chi connectivity index (χ4n) is 5.01. The zero-order valence-electron chi connectivity index (χ0n) is 23.0. The van der Waals surface area contributed by atoms with Gasteiger partial charge in [0.1, 0.15) is 0 Å². The first-order valence-electron chi connectivity index (χ1n) is 13.6. The summed E-state index contributed by atoms with van der Waals surface area (Å²) in [6.07, 6.45) is 3.89. The van der Waals surface area contributed by atoms with Crippen LogP contribution in [0, 0.1) is 34.5 Å². The van der Waals surface area contributed by atoms with Crippen LogP contribution in [0.25, 0.3) is 0 Å². The van der Waals surface area contributed by atoms with E-state index in [4.69, 9.17) is 19.8 Å². The highest BCUT2D eigenvalue weighted by Gasteiger charge is 2.51. The molecule has 0 aliphatic carbocycles. The number of halogens is 1. The van der Waals surface area contributed by atoms with Crippen molar-refractivity contribution in [3.8, 4) is 12.1 Å². The van der Waals surface area contributed by atoms with E-state index in [9.17, 15) is 0 Å². The van der Waals surface area contributed by atoms with Crippen LogP contribution in [0.3, 0.4) is 0 Å². The average molecular weight is 577 g/mol. The van der Waals surface area contributed by atoms with E-state index in [1.807, 2.05) is 0 Å². The summed E-state index contributed by atoms with van der Waals surface area (Å²) in [5.41, 5.74) is 2.90. The van der Waals surface area contributed by atoms with Crippen LogP contribution in [0.2, 0.25) is 0 Å². The number of hydrogen-bond donors (Lipinski definition) is 0. The van der Waals surface area contributed by atoms with Crippen LogP contribution in [0.4, 0.5) is 11.4 Å². The van der Waals surface area contributed by atoms with E-state index < -0.39 is 0 Å². The van der Waals surface area contributed by atoms with Gasteiger partial charge in [0.25, 0.3) is 0 Å². The van der Waals surface area contributed by atoms with Crippen molar-refractivity contribution in [1.29, 1.82) is 10.5 Å². The van der Waals surface area contributed by atoms with Crippen LogP contribution < -0.4 is 15.3 Å². The highest BCUT2D eigenvalue weighted by atomic mass is 79.9. The minimum absolute atomic E-state index is 0.218. The number of anilines is 2. The second-order valence-electron chi connectivity index (χ2n) is 11.4. The second kappa shape index (κ2) is 12.1. The topological polar surface area (TPSA) is 72.5 Å². The predicted molar refractivity (Wildman–Crippen MR) is 157 cm³/mol. The Morgan fingerprint density at radius 3 is 1.45 bits per heavy atom. The third-order valence-corrected chi connectivity index (χ3v) is 8.86. The third-order valence-electron chi connectivity index (χ3n) is 8.33. The lowest BCUT2D eigenvalue weighted by Crippen LogP contribution is -2.41. The molecule has 0 unspecified atom stereocenters. The maximum Gasteiger partial charge on any atom is 0.494 e. The van der Waals surface area contributed by atoms with Crippen molar-refractivity contribution in [2.45, 2.75) is 64.6 Å². The Balaban J connectivity index is 0.000000194. The van der Waals surface area contributed by atoms with Gasteiger partial charge in [-0.1, -0.05) is 28.1 Å². The predicted octanol–water partition coefficient (Wildman–Crippen LogP) is 5.91. The molecule has 0 aromatic heterocycles. The molecular weight excluding hydrogens is 539 g/mol. The quantitative estimate of drug-likeness (QED) is 0.423. The van der Waals surface area contributed by atoms with Crippen LogP contribution in [0.15, 0.2) is 53.0 Å². The van der Waals surface area contributed by atoms with E-state index in [-0.39, 0.29) is 30.2 Å². The molecule has 0 spiro atoms. The lowest BCUT2D eigenvalue weighted by atomic mass is 9.79. The molecule has 38 heavy (non-hydrogen) atoms. The minimum Gasteiger partial charge on any atom is -0.399 e. The Hall–Kier alpha value is -2.52. The van der Waals surface area contributed by atoms with E-state index in [2.05, 4.69) is 114 Å². The van der Waals surface area contributed by atoms with Crippen LogP contribution in [-0.2, 0) is 9.31 Å². The molecule has 0 bridgehead atoms. The fraction of sp³-hybridized carbons (Fsp3) is 0.533. The van der Waals surface area contributed by atoms with Gasteiger partial charge in [0.2, 0.25) is 0 Å². The van der Waals surface area contributed by atoms with Crippen LogP contribution >= 0.6 is 15.9 Å². The first kappa shape index (κ1) is 28.5. The molecular formula is C30H38BBrN4O2. The highest BCUT2D eigenvalue weighted by Crippen LogP contribution is 2.36. The number of hydrogen-bond acceptors (Lipinski definition) is 6. The molecule has 6 nitrogen and oxygen atoms in total. The van der Waals surface area contributed by atoms with E-state index in [1.54, 1.807) is 0 Å². The van der Waals surface area contributed by atoms with Crippen LogP contribution in [-0.4, -0.2) is 44.5 Å². The van der Waals surface area contributed by atoms with Gasteiger partial charge in [-0.25, -0.2) is 0 Å². The highest BCUT2D eigenvalue weighted by molar-refractivity contribution is 9.10. The van der Waals surface area contributed by atoms with Gasteiger partial charge in [-0.05, 0) is 95.2 Å². The zero-order valence-corrected chi connectivity index (χ0v) is 24.6. The number of nitrogens with zero attached hydrogens (tertiary/aromatic N) is 4. The van der Waals surface area contributed by atoms with Gasteiger partial charge in [-0.15, -0.1) is 0 Å². The van der Waals surface area contributed by atoms with Crippen molar-refractivity contribution >= 4 is 39.9 Å². The van der Waals surface area contributed by atoms with E-state index in [0.717, 1.165) is 61.8 Å². The fourth-order valence-corrected chi connectivity index (χ4v) is 5.27. The number of nitriles is 2. The second-order valence-corrected chi connectivity index (χ2v) is 12.4. The maximum absolute atomic E-state index is 8.99. The van der Waals surface area contributed by atoms with Crippen molar-refractivity contribution in [1.82, 2.24) is 0 Å². The van der Waals surface area contributed by atoms with Crippen LogP contribution in [0.1, 0.15) is 53.4 Å².